The standard InChI is InChI=1S/C24H26N4O2/c29-23(15-30-24-21-9-3-4-10-22(21)25-16-26-24)27-19-8-5-11-28(14-19)20-12-17-6-1-2-7-18(17)13-20/h1-4,6-7,9-10,16,19-20H,5,8,11-15H2,(H,27,29). The first-order valence-corrected chi connectivity index (χ1v) is 10.7. The zero-order valence-corrected chi connectivity index (χ0v) is 17.0. The third-order valence-corrected chi connectivity index (χ3v) is 6.21. The van der Waals surface area contributed by atoms with Crippen LogP contribution in [0, 0.1) is 0 Å². The number of rotatable bonds is 5. The van der Waals surface area contributed by atoms with Crippen molar-refractivity contribution in [2.45, 2.75) is 37.8 Å². The van der Waals surface area contributed by atoms with Crippen LogP contribution in [0.5, 0.6) is 5.88 Å². The number of hydrogen-bond acceptors (Lipinski definition) is 5. The third kappa shape index (κ3) is 4.00. The van der Waals surface area contributed by atoms with Crippen LogP contribution in [0.15, 0.2) is 54.9 Å². The molecule has 1 N–H and O–H groups in total. The number of fused-ring (bicyclic) bond motifs is 2. The molecule has 2 heterocycles. The number of nitrogens with zero attached hydrogens (tertiary/aromatic N) is 3. The van der Waals surface area contributed by atoms with E-state index in [1.54, 1.807) is 0 Å². The van der Waals surface area contributed by atoms with Crippen molar-refractivity contribution < 1.29 is 9.53 Å². The number of piperidine rings is 1. The number of amides is 1. The first kappa shape index (κ1) is 19.0. The van der Waals surface area contributed by atoms with Crippen molar-refractivity contribution in [1.82, 2.24) is 20.2 Å². The van der Waals surface area contributed by atoms with Gasteiger partial charge in [-0.05, 0) is 55.5 Å². The van der Waals surface area contributed by atoms with Gasteiger partial charge in [-0.25, -0.2) is 9.97 Å². The van der Waals surface area contributed by atoms with Crippen LogP contribution in [0.4, 0.5) is 0 Å². The fraction of sp³-hybridized carbons (Fsp3) is 0.375. The molecular formula is C24H26N4O2. The van der Waals surface area contributed by atoms with Crippen LogP contribution in [0.1, 0.15) is 24.0 Å². The maximum Gasteiger partial charge on any atom is 0.258 e. The molecule has 1 unspecified atom stereocenters. The zero-order chi connectivity index (χ0) is 20.3. The molecule has 6 heteroatoms. The Morgan fingerprint density at radius 1 is 1.07 bits per heavy atom. The van der Waals surface area contributed by atoms with E-state index in [1.165, 1.54) is 17.5 Å². The van der Waals surface area contributed by atoms with Gasteiger partial charge in [0.2, 0.25) is 5.88 Å². The second-order valence-electron chi connectivity index (χ2n) is 8.22. The largest absolute Gasteiger partial charge is 0.467 e. The van der Waals surface area contributed by atoms with Crippen LogP contribution < -0.4 is 10.1 Å². The molecule has 5 rings (SSSR count). The lowest BCUT2D eigenvalue weighted by molar-refractivity contribution is -0.124. The fourth-order valence-corrected chi connectivity index (χ4v) is 4.75. The summed E-state index contributed by atoms with van der Waals surface area (Å²) in [5, 5.41) is 3.98. The lowest BCUT2D eigenvalue weighted by Crippen LogP contribution is -2.52. The molecule has 1 aliphatic heterocycles. The SMILES string of the molecule is O=C(COc1ncnc2ccccc12)NC1CCCN(C2Cc3ccccc3C2)C1. The summed E-state index contributed by atoms with van der Waals surface area (Å²) in [7, 11) is 0. The molecule has 0 radical (unpaired) electrons. The molecule has 0 saturated carbocycles. The Labute approximate surface area is 176 Å². The average molecular weight is 402 g/mol. The fourth-order valence-electron chi connectivity index (χ4n) is 4.75. The average Bonchev–Trinajstić information content (AvgIpc) is 3.22. The van der Waals surface area contributed by atoms with E-state index in [-0.39, 0.29) is 18.6 Å². The summed E-state index contributed by atoms with van der Waals surface area (Å²) in [5.74, 6) is 0.351. The number of carbonyl (C=O) groups excluding carboxylic acids is 1. The topological polar surface area (TPSA) is 67.3 Å². The van der Waals surface area contributed by atoms with Gasteiger partial charge in [-0.3, -0.25) is 9.69 Å². The minimum absolute atomic E-state index is 0.0353. The van der Waals surface area contributed by atoms with Crippen LogP contribution >= 0.6 is 0 Å². The Bertz CT molecular complexity index is 1020. The zero-order valence-electron chi connectivity index (χ0n) is 17.0. The second-order valence-corrected chi connectivity index (χ2v) is 8.22. The van der Waals surface area contributed by atoms with Crippen LogP contribution in [0.25, 0.3) is 10.9 Å². The van der Waals surface area contributed by atoms with Crippen molar-refractivity contribution in [3.05, 3.63) is 66.0 Å². The van der Waals surface area contributed by atoms with Gasteiger partial charge in [0.25, 0.3) is 5.91 Å². The minimum Gasteiger partial charge on any atom is -0.467 e. The van der Waals surface area contributed by atoms with E-state index in [9.17, 15) is 4.79 Å². The van der Waals surface area contributed by atoms with E-state index in [2.05, 4.69) is 44.5 Å². The lowest BCUT2D eigenvalue weighted by atomic mass is 10.0. The van der Waals surface area contributed by atoms with E-state index >= 15 is 0 Å². The predicted molar refractivity (Wildman–Crippen MR) is 115 cm³/mol. The van der Waals surface area contributed by atoms with Crippen LogP contribution in [0.3, 0.4) is 0 Å². The summed E-state index contributed by atoms with van der Waals surface area (Å²) in [4.78, 5) is 23.5. The molecule has 6 nitrogen and oxygen atoms in total. The monoisotopic (exact) mass is 402 g/mol. The van der Waals surface area contributed by atoms with Gasteiger partial charge in [0, 0.05) is 18.6 Å². The maximum atomic E-state index is 12.5. The lowest BCUT2D eigenvalue weighted by Gasteiger charge is -2.37. The number of hydrogen-bond donors (Lipinski definition) is 1. The number of ether oxygens (including phenoxy) is 1. The first-order valence-electron chi connectivity index (χ1n) is 10.7. The second kappa shape index (κ2) is 8.40. The molecule has 154 valence electrons. The molecule has 1 amide bonds. The molecule has 1 atom stereocenters. The normalized spacial score (nSPS) is 19.5. The van der Waals surface area contributed by atoms with E-state index < -0.39 is 0 Å². The van der Waals surface area contributed by atoms with Crippen LogP contribution in [-0.4, -0.2) is 52.6 Å². The van der Waals surface area contributed by atoms with Gasteiger partial charge in [-0.15, -0.1) is 0 Å². The molecule has 1 fully saturated rings. The van der Waals surface area contributed by atoms with Crippen molar-refractivity contribution in [2.24, 2.45) is 0 Å². The number of aromatic nitrogens is 2. The molecule has 2 aliphatic rings. The first-order chi connectivity index (χ1) is 14.8. The van der Waals surface area contributed by atoms with E-state index in [0.717, 1.165) is 49.7 Å². The van der Waals surface area contributed by atoms with Crippen molar-refractivity contribution in [2.75, 3.05) is 19.7 Å². The summed E-state index contributed by atoms with van der Waals surface area (Å²) >= 11 is 0. The highest BCUT2D eigenvalue weighted by molar-refractivity contribution is 5.84. The van der Waals surface area contributed by atoms with Crippen LogP contribution in [-0.2, 0) is 17.6 Å². The molecule has 3 aromatic rings. The van der Waals surface area contributed by atoms with Crippen molar-refractivity contribution >= 4 is 16.8 Å². The summed E-state index contributed by atoms with van der Waals surface area (Å²) in [6.07, 6.45) is 5.81. The number of likely N-dealkylation sites (tertiary alicyclic amines) is 1. The van der Waals surface area contributed by atoms with E-state index in [1.807, 2.05) is 24.3 Å². The smallest absolute Gasteiger partial charge is 0.258 e. The summed E-state index contributed by atoms with van der Waals surface area (Å²) in [5.41, 5.74) is 3.75. The van der Waals surface area contributed by atoms with Crippen molar-refractivity contribution in [3.8, 4) is 5.88 Å². The summed E-state index contributed by atoms with van der Waals surface area (Å²) in [6.45, 7) is 1.97. The van der Waals surface area contributed by atoms with Crippen molar-refractivity contribution in [3.63, 3.8) is 0 Å². The number of para-hydroxylation sites is 1. The molecule has 0 bridgehead atoms. The van der Waals surface area contributed by atoms with E-state index in [0.29, 0.717) is 11.9 Å². The highest BCUT2D eigenvalue weighted by atomic mass is 16.5. The predicted octanol–water partition coefficient (Wildman–Crippen LogP) is 2.76. The summed E-state index contributed by atoms with van der Waals surface area (Å²) in [6, 6.07) is 17.1. The Morgan fingerprint density at radius 2 is 1.83 bits per heavy atom. The van der Waals surface area contributed by atoms with Gasteiger partial charge in [0.05, 0.1) is 10.9 Å². The Kier molecular flexibility index (Phi) is 5.32. The minimum atomic E-state index is -0.0979. The quantitative estimate of drug-likeness (QED) is 0.711. The molecule has 1 aromatic heterocycles. The van der Waals surface area contributed by atoms with Gasteiger partial charge >= 0.3 is 0 Å². The Morgan fingerprint density at radius 3 is 2.67 bits per heavy atom. The Balaban J connectivity index is 1.15. The van der Waals surface area contributed by atoms with E-state index in [4.69, 9.17) is 4.74 Å². The van der Waals surface area contributed by atoms with Crippen LogP contribution in [0.2, 0.25) is 0 Å². The molecule has 1 aliphatic carbocycles. The molecule has 30 heavy (non-hydrogen) atoms. The highest BCUT2D eigenvalue weighted by Crippen LogP contribution is 2.27. The summed E-state index contributed by atoms with van der Waals surface area (Å²) < 4.78 is 5.71. The molecule has 0 spiro atoms. The van der Waals surface area contributed by atoms with Gasteiger partial charge in [0.15, 0.2) is 6.61 Å². The maximum absolute atomic E-state index is 12.5. The number of benzene rings is 2. The van der Waals surface area contributed by atoms with Gasteiger partial charge in [-0.1, -0.05) is 36.4 Å². The van der Waals surface area contributed by atoms with Gasteiger partial charge in [0.1, 0.15) is 6.33 Å². The molecular weight excluding hydrogens is 376 g/mol. The molecule has 2 aromatic carbocycles. The van der Waals surface area contributed by atoms with Gasteiger partial charge < -0.3 is 10.1 Å². The Hall–Kier alpha value is -2.99. The number of nitrogens with one attached hydrogen (secondary N) is 1. The van der Waals surface area contributed by atoms with Gasteiger partial charge in [-0.2, -0.15) is 0 Å². The highest BCUT2D eigenvalue weighted by Gasteiger charge is 2.30. The number of carbonyl (C=O) groups is 1. The molecule has 1 saturated heterocycles. The third-order valence-electron chi connectivity index (χ3n) is 6.21. The van der Waals surface area contributed by atoms with Crippen molar-refractivity contribution in [1.29, 1.82) is 0 Å².